The molecule has 16 heavy (non-hydrogen) atoms. The number of nitrogens with one attached hydrogen (secondary N) is 1. The van der Waals surface area contributed by atoms with E-state index in [2.05, 4.69) is 26.0 Å². The smallest absolute Gasteiger partial charge is 0.243 e. The molecule has 94 valence electrons. The largest absolute Gasteiger partial charge is 0.396 e. The second-order valence-electron chi connectivity index (χ2n) is 4.66. The molecule has 0 heterocycles. The van der Waals surface area contributed by atoms with E-state index in [1.807, 2.05) is 0 Å². The van der Waals surface area contributed by atoms with Crippen molar-refractivity contribution < 1.29 is 14.4 Å². The van der Waals surface area contributed by atoms with E-state index in [4.69, 9.17) is 5.11 Å². The fourth-order valence-electron chi connectivity index (χ4n) is 1.55. The van der Waals surface area contributed by atoms with Gasteiger partial charge in [-0.05, 0) is 18.9 Å². The lowest BCUT2D eigenvalue weighted by molar-refractivity contribution is -0.890. The Balaban J connectivity index is 3.56. The number of amides is 1. The van der Waals surface area contributed by atoms with Crippen LogP contribution < -0.4 is 5.32 Å². The Morgan fingerprint density at radius 3 is 2.50 bits per heavy atom. The van der Waals surface area contributed by atoms with Crippen LogP contribution in [-0.4, -0.2) is 55.8 Å². The topological polar surface area (TPSA) is 49.3 Å². The molecular weight excluding hydrogens is 204 g/mol. The minimum atomic E-state index is -0.106. The minimum Gasteiger partial charge on any atom is -0.396 e. The molecule has 0 bridgehead atoms. The monoisotopic (exact) mass is 229 g/mol. The van der Waals surface area contributed by atoms with Gasteiger partial charge in [0, 0.05) is 19.6 Å². The third-order valence-electron chi connectivity index (χ3n) is 2.60. The molecule has 2 N–H and O–H groups in total. The Labute approximate surface area is 98.5 Å². The highest BCUT2D eigenvalue weighted by Crippen LogP contribution is 2.02. The van der Waals surface area contributed by atoms with Gasteiger partial charge in [-0.3, -0.25) is 4.79 Å². The standard InChI is InChI=1S/C12H24N2O2/c1-4-12(16)13-8-7-10-14(2,3)9-5-6-11-15/h4,15H,1,5-11H2,2-3H3/p+1. The van der Waals surface area contributed by atoms with Gasteiger partial charge in [0.25, 0.3) is 0 Å². The average Bonchev–Trinajstić information content (AvgIpc) is 2.24. The molecule has 0 unspecified atom stereocenters. The van der Waals surface area contributed by atoms with Crippen molar-refractivity contribution in [1.29, 1.82) is 0 Å². The number of nitrogens with zero attached hydrogens (tertiary/aromatic N) is 1. The number of hydrogen-bond acceptors (Lipinski definition) is 2. The molecule has 0 spiro atoms. The van der Waals surface area contributed by atoms with Crippen LogP contribution in [0.3, 0.4) is 0 Å². The second-order valence-corrected chi connectivity index (χ2v) is 4.66. The first-order valence-corrected chi connectivity index (χ1v) is 5.85. The molecule has 0 saturated heterocycles. The van der Waals surface area contributed by atoms with Gasteiger partial charge < -0.3 is 14.9 Å². The number of carbonyl (C=O) groups excluding carboxylic acids is 1. The first kappa shape index (κ1) is 15.1. The fourth-order valence-corrected chi connectivity index (χ4v) is 1.55. The number of hydrogen-bond donors (Lipinski definition) is 2. The van der Waals surface area contributed by atoms with E-state index in [0.717, 1.165) is 36.8 Å². The van der Waals surface area contributed by atoms with Crippen molar-refractivity contribution in [1.82, 2.24) is 5.32 Å². The van der Waals surface area contributed by atoms with Gasteiger partial charge in [0.15, 0.2) is 0 Å². The van der Waals surface area contributed by atoms with E-state index in [0.29, 0.717) is 6.54 Å². The van der Waals surface area contributed by atoms with E-state index in [-0.39, 0.29) is 12.5 Å². The van der Waals surface area contributed by atoms with Gasteiger partial charge in [-0.25, -0.2) is 0 Å². The summed E-state index contributed by atoms with van der Waals surface area (Å²) in [4.78, 5) is 10.9. The van der Waals surface area contributed by atoms with Crippen molar-refractivity contribution in [2.75, 3.05) is 40.3 Å². The summed E-state index contributed by atoms with van der Waals surface area (Å²) >= 11 is 0. The van der Waals surface area contributed by atoms with Crippen LogP contribution in [0.2, 0.25) is 0 Å². The van der Waals surface area contributed by atoms with E-state index < -0.39 is 0 Å². The highest BCUT2D eigenvalue weighted by molar-refractivity contribution is 5.86. The average molecular weight is 229 g/mol. The zero-order valence-electron chi connectivity index (χ0n) is 10.5. The zero-order chi connectivity index (χ0) is 12.4. The van der Waals surface area contributed by atoms with Crippen LogP contribution in [-0.2, 0) is 4.79 Å². The third kappa shape index (κ3) is 8.44. The Morgan fingerprint density at radius 2 is 1.94 bits per heavy atom. The lowest BCUT2D eigenvalue weighted by atomic mass is 10.2. The number of quaternary nitrogens is 1. The van der Waals surface area contributed by atoms with Crippen LogP contribution in [0.4, 0.5) is 0 Å². The molecule has 1 amide bonds. The van der Waals surface area contributed by atoms with Crippen molar-refractivity contribution in [2.45, 2.75) is 19.3 Å². The van der Waals surface area contributed by atoms with Gasteiger partial charge in [-0.15, -0.1) is 0 Å². The first-order chi connectivity index (χ1) is 7.52. The molecule has 0 radical (unpaired) electrons. The summed E-state index contributed by atoms with van der Waals surface area (Å²) in [5.41, 5.74) is 0. The SMILES string of the molecule is C=CC(=O)NCCC[N+](C)(C)CCCCO. The van der Waals surface area contributed by atoms with Gasteiger partial charge in [0.1, 0.15) is 0 Å². The maximum atomic E-state index is 10.9. The molecule has 0 saturated carbocycles. The molecule has 4 heteroatoms. The van der Waals surface area contributed by atoms with E-state index >= 15 is 0 Å². The molecule has 0 aromatic heterocycles. The Hall–Kier alpha value is -0.870. The second kappa shape index (κ2) is 8.30. The zero-order valence-corrected chi connectivity index (χ0v) is 10.5. The number of carbonyl (C=O) groups is 1. The molecule has 0 aliphatic carbocycles. The molecule has 0 fully saturated rings. The summed E-state index contributed by atoms with van der Waals surface area (Å²) in [6.45, 7) is 6.47. The molecule has 0 aliphatic heterocycles. The molecule has 0 rings (SSSR count). The van der Waals surface area contributed by atoms with Gasteiger partial charge in [0.05, 0.1) is 27.2 Å². The van der Waals surface area contributed by atoms with Gasteiger partial charge in [-0.1, -0.05) is 6.58 Å². The third-order valence-corrected chi connectivity index (χ3v) is 2.60. The summed E-state index contributed by atoms with van der Waals surface area (Å²) in [6.07, 6.45) is 4.17. The Morgan fingerprint density at radius 1 is 1.31 bits per heavy atom. The summed E-state index contributed by atoms with van der Waals surface area (Å²) in [5, 5.41) is 11.5. The molecular formula is C12H25N2O2+. The van der Waals surface area contributed by atoms with Gasteiger partial charge >= 0.3 is 0 Å². The van der Waals surface area contributed by atoms with Gasteiger partial charge in [-0.2, -0.15) is 0 Å². The van der Waals surface area contributed by atoms with Crippen LogP contribution >= 0.6 is 0 Å². The van der Waals surface area contributed by atoms with E-state index in [1.54, 1.807) is 0 Å². The molecule has 0 aromatic carbocycles. The number of rotatable bonds is 9. The Bertz CT molecular complexity index is 215. The maximum Gasteiger partial charge on any atom is 0.243 e. The predicted octanol–water partition coefficient (Wildman–Crippen LogP) is 0.528. The normalized spacial score (nSPS) is 11.2. The summed E-state index contributed by atoms with van der Waals surface area (Å²) in [5.74, 6) is -0.106. The van der Waals surface area contributed by atoms with Crippen molar-refractivity contribution in [3.8, 4) is 0 Å². The summed E-state index contributed by atoms with van der Waals surface area (Å²) in [6, 6.07) is 0. The predicted molar refractivity (Wildman–Crippen MR) is 66.0 cm³/mol. The number of aliphatic hydroxyl groups is 1. The van der Waals surface area contributed by atoms with Crippen molar-refractivity contribution in [2.24, 2.45) is 0 Å². The first-order valence-electron chi connectivity index (χ1n) is 5.85. The van der Waals surface area contributed by atoms with E-state index in [9.17, 15) is 4.79 Å². The van der Waals surface area contributed by atoms with Crippen molar-refractivity contribution in [3.63, 3.8) is 0 Å². The maximum absolute atomic E-state index is 10.9. The molecule has 0 atom stereocenters. The molecule has 4 nitrogen and oxygen atoms in total. The quantitative estimate of drug-likeness (QED) is 0.344. The lowest BCUT2D eigenvalue weighted by Gasteiger charge is -2.29. The highest BCUT2D eigenvalue weighted by Gasteiger charge is 2.13. The minimum absolute atomic E-state index is 0.106. The van der Waals surface area contributed by atoms with Gasteiger partial charge in [0.2, 0.25) is 5.91 Å². The highest BCUT2D eigenvalue weighted by atomic mass is 16.2. The molecule has 0 aliphatic rings. The Kier molecular flexibility index (Phi) is 7.85. The van der Waals surface area contributed by atoms with Crippen molar-refractivity contribution >= 4 is 5.91 Å². The van der Waals surface area contributed by atoms with Crippen LogP contribution in [0, 0.1) is 0 Å². The summed E-state index contributed by atoms with van der Waals surface area (Å²) in [7, 11) is 4.35. The van der Waals surface area contributed by atoms with E-state index in [1.165, 1.54) is 6.08 Å². The van der Waals surface area contributed by atoms with Crippen molar-refractivity contribution in [3.05, 3.63) is 12.7 Å². The molecule has 0 aromatic rings. The van der Waals surface area contributed by atoms with Crippen LogP contribution in [0.15, 0.2) is 12.7 Å². The van der Waals surface area contributed by atoms with Crippen LogP contribution in [0.25, 0.3) is 0 Å². The van der Waals surface area contributed by atoms with Crippen LogP contribution in [0.5, 0.6) is 0 Å². The lowest BCUT2D eigenvalue weighted by Crippen LogP contribution is -2.42. The number of unbranched alkanes of at least 4 members (excludes halogenated alkanes) is 1. The fraction of sp³-hybridized carbons (Fsp3) is 0.750. The number of aliphatic hydroxyl groups excluding tert-OH is 1. The van der Waals surface area contributed by atoms with Crippen LogP contribution in [0.1, 0.15) is 19.3 Å². The summed E-state index contributed by atoms with van der Waals surface area (Å²) < 4.78 is 0.934.